The third-order valence-corrected chi connectivity index (χ3v) is 3.51. The van der Waals surface area contributed by atoms with Crippen molar-refractivity contribution in [3.63, 3.8) is 0 Å². The number of hydrogen-bond acceptors (Lipinski definition) is 3. The average molecular weight is 263 g/mol. The molecular weight excluding hydrogens is 246 g/mol. The molecule has 2 N–H and O–H groups in total. The molecule has 3 heteroatoms. The molecule has 1 unspecified atom stereocenters. The number of rotatable bonds is 4. The first-order valence-electron chi connectivity index (χ1n) is 6.82. The molecule has 3 rings (SSSR count). The Kier molecular flexibility index (Phi) is 3.70. The van der Waals surface area contributed by atoms with Crippen LogP contribution in [0.3, 0.4) is 0 Å². The fraction of sp³-hybridized carbons (Fsp3) is 0.176. The number of nitrogens with two attached hydrogens (primary N) is 1. The summed E-state index contributed by atoms with van der Waals surface area (Å²) in [6.45, 7) is 0. The van der Waals surface area contributed by atoms with Gasteiger partial charge in [0.2, 0.25) is 0 Å². The molecule has 0 fully saturated rings. The van der Waals surface area contributed by atoms with Crippen LogP contribution in [-0.4, -0.2) is 9.97 Å². The SMILES string of the molecule is NC(CCc1cccnc1)c1cnc2ccccc2c1. The number of fused-ring (bicyclic) bond motifs is 1. The minimum Gasteiger partial charge on any atom is -0.324 e. The van der Waals surface area contributed by atoms with E-state index in [0.29, 0.717) is 0 Å². The second-order valence-corrected chi connectivity index (χ2v) is 4.97. The lowest BCUT2D eigenvalue weighted by Gasteiger charge is -2.12. The zero-order valence-corrected chi connectivity index (χ0v) is 11.2. The summed E-state index contributed by atoms with van der Waals surface area (Å²) in [6, 6.07) is 14.3. The summed E-state index contributed by atoms with van der Waals surface area (Å²) < 4.78 is 0. The minimum absolute atomic E-state index is 0.00677. The van der Waals surface area contributed by atoms with Gasteiger partial charge in [0.15, 0.2) is 0 Å². The number of aromatic nitrogens is 2. The molecule has 2 heterocycles. The summed E-state index contributed by atoms with van der Waals surface area (Å²) in [6.07, 6.45) is 7.39. The highest BCUT2D eigenvalue weighted by Crippen LogP contribution is 2.20. The summed E-state index contributed by atoms with van der Waals surface area (Å²) in [5, 5.41) is 1.14. The molecule has 0 saturated carbocycles. The Morgan fingerprint density at radius 2 is 1.95 bits per heavy atom. The maximum Gasteiger partial charge on any atom is 0.0702 e. The van der Waals surface area contributed by atoms with Gasteiger partial charge in [0.25, 0.3) is 0 Å². The van der Waals surface area contributed by atoms with Gasteiger partial charge >= 0.3 is 0 Å². The van der Waals surface area contributed by atoms with Gasteiger partial charge in [0.1, 0.15) is 0 Å². The molecule has 0 saturated heterocycles. The molecule has 0 radical (unpaired) electrons. The van der Waals surface area contributed by atoms with Crippen LogP contribution in [0.5, 0.6) is 0 Å². The van der Waals surface area contributed by atoms with Gasteiger partial charge in [-0.15, -0.1) is 0 Å². The van der Waals surface area contributed by atoms with E-state index in [2.05, 4.69) is 28.2 Å². The van der Waals surface area contributed by atoms with Crippen LogP contribution >= 0.6 is 0 Å². The normalized spacial score (nSPS) is 12.4. The molecule has 0 aliphatic rings. The molecule has 1 aromatic carbocycles. The van der Waals surface area contributed by atoms with Gasteiger partial charge in [-0.25, -0.2) is 0 Å². The highest BCUT2D eigenvalue weighted by Gasteiger charge is 2.08. The van der Waals surface area contributed by atoms with Crippen LogP contribution in [0.4, 0.5) is 0 Å². The van der Waals surface area contributed by atoms with E-state index in [-0.39, 0.29) is 6.04 Å². The fourth-order valence-electron chi connectivity index (χ4n) is 2.33. The fourth-order valence-corrected chi connectivity index (χ4v) is 2.33. The van der Waals surface area contributed by atoms with Crippen molar-refractivity contribution in [1.29, 1.82) is 0 Å². The van der Waals surface area contributed by atoms with Gasteiger partial charge in [-0.3, -0.25) is 9.97 Å². The topological polar surface area (TPSA) is 51.8 Å². The summed E-state index contributed by atoms with van der Waals surface area (Å²) in [4.78, 5) is 8.59. The predicted octanol–water partition coefficient (Wildman–Crippen LogP) is 3.26. The molecule has 0 bridgehead atoms. The summed E-state index contributed by atoms with van der Waals surface area (Å²) >= 11 is 0. The van der Waals surface area contributed by atoms with E-state index in [1.54, 1.807) is 6.20 Å². The number of para-hydroxylation sites is 1. The molecule has 0 amide bonds. The van der Waals surface area contributed by atoms with Crippen molar-refractivity contribution in [2.45, 2.75) is 18.9 Å². The van der Waals surface area contributed by atoms with E-state index in [1.807, 2.05) is 36.7 Å². The van der Waals surface area contributed by atoms with Crippen LogP contribution in [0, 0.1) is 0 Å². The third kappa shape index (κ3) is 2.83. The Morgan fingerprint density at radius 1 is 1.05 bits per heavy atom. The van der Waals surface area contributed by atoms with Crippen LogP contribution in [0.2, 0.25) is 0 Å². The van der Waals surface area contributed by atoms with Crippen molar-refractivity contribution in [3.05, 3.63) is 72.2 Å². The maximum atomic E-state index is 6.27. The first-order chi connectivity index (χ1) is 9.83. The zero-order valence-electron chi connectivity index (χ0n) is 11.2. The predicted molar refractivity (Wildman–Crippen MR) is 81.2 cm³/mol. The number of aryl methyl sites for hydroxylation is 1. The monoisotopic (exact) mass is 263 g/mol. The van der Waals surface area contributed by atoms with E-state index < -0.39 is 0 Å². The molecule has 0 aliphatic carbocycles. The van der Waals surface area contributed by atoms with Crippen molar-refractivity contribution < 1.29 is 0 Å². The van der Waals surface area contributed by atoms with E-state index in [4.69, 9.17) is 5.73 Å². The summed E-state index contributed by atoms with van der Waals surface area (Å²) in [5.74, 6) is 0. The molecule has 2 aromatic heterocycles. The first kappa shape index (κ1) is 12.8. The molecule has 0 spiro atoms. The minimum atomic E-state index is 0.00677. The lowest BCUT2D eigenvalue weighted by Crippen LogP contribution is -2.11. The quantitative estimate of drug-likeness (QED) is 0.786. The molecule has 3 nitrogen and oxygen atoms in total. The molecule has 20 heavy (non-hydrogen) atoms. The number of pyridine rings is 2. The van der Waals surface area contributed by atoms with Gasteiger partial charge in [0.05, 0.1) is 5.52 Å². The van der Waals surface area contributed by atoms with E-state index in [9.17, 15) is 0 Å². The van der Waals surface area contributed by atoms with Crippen LogP contribution < -0.4 is 5.73 Å². The van der Waals surface area contributed by atoms with E-state index in [0.717, 1.165) is 29.3 Å². The molecule has 0 aliphatic heterocycles. The second-order valence-electron chi connectivity index (χ2n) is 4.97. The maximum absolute atomic E-state index is 6.27. The van der Waals surface area contributed by atoms with Crippen LogP contribution in [-0.2, 0) is 6.42 Å². The van der Waals surface area contributed by atoms with Crippen molar-refractivity contribution in [3.8, 4) is 0 Å². The van der Waals surface area contributed by atoms with Gasteiger partial charge < -0.3 is 5.73 Å². The highest BCUT2D eigenvalue weighted by atomic mass is 14.7. The van der Waals surface area contributed by atoms with Crippen LogP contribution in [0.1, 0.15) is 23.6 Å². The Labute approximate surface area is 118 Å². The third-order valence-electron chi connectivity index (χ3n) is 3.51. The second kappa shape index (κ2) is 5.80. The molecule has 3 aromatic rings. The highest BCUT2D eigenvalue weighted by molar-refractivity contribution is 5.78. The molecule has 100 valence electrons. The van der Waals surface area contributed by atoms with Gasteiger partial charge in [0, 0.05) is 30.0 Å². The van der Waals surface area contributed by atoms with Gasteiger partial charge in [-0.05, 0) is 42.2 Å². The Balaban J connectivity index is 1.73. The van der Waals surface area contributed by atoms with Crippen molar-refractivity contribution >= 4 is 10.9 Å². The Morgan fingerprint density at radius 3 is 2.80 bits per heavy atom. The number of nitrogens with zero attached hydrogens (tertiary/aromatic N) is 2. The summed E-state index contributed by atoms with van der Waals surface area (Å²) in [7, 11) is 0. The lowest BCUT2D eigenvalue weighted by atomic mass is 10.0. The van der Waals surface area contributed by atoms with E-state index in [1.165, 1.54) is 5.56 Å². The van der Waals surface area contributed by atoms with Gasteiger partial charge in [-0.1, -0.05) is 24.3 Å². The Hall–Kier alpha value is -2.26. The number of hydrogen-bond donors (Lipinski definition) is 1. The lowest BCUT2D eigenvalue weighted by molar-refractivity contribution is 0.649. The van der Waals surface area contributed by atoms with Crippen LogP contribution in [0.25, 0.3) is 10.9 Å². The van der Waals surface area contributed by atoms with Crippen molar-refractivity contribution in [2.24, 2.45) is 5.73 Å². The smallest absolute Gasteiger partial charge is 0.0702 e. The molecular formula is C17H17N3. The van der Waals surface area contributed by atoms with E-state index >= 15 is 0 Å². The zero-order chi connectivity index (χ0) is 13.8. The summed E-state index contributed by atoms with van der Waals surface area (Å²) in [5.41, 5.74) is 9.59. The first-order valence-corrected chi connectivity index (χ1v) is 6.82. The van der Waals surface area contributed by atoms with Gasteiger partial charge in [-0.2, -0.15) is 0 Å². The largest absolute Gasteiger partial charge is 0.324 e. The van der Waals surface area contributed by atoms with Crippen molar-refractivity contribution in [2.75, 3.05) is 0 Å². The van der Waals surface area contributed by atoms with Crippen molar-refractivity contribution in [1.82, 2.24) is 9.97 Å². The molecule has 1 atom stereocenters. The standard InChI is InChI=1S/C17H17N3/c18-16(8-7-13-4-3-9-19-11-13)15-10-14-5-1-2-6-17(14)20-12-15/h1-6,9-12,16H,7-8,18H2. The van der Waals surface area contributed by atoms with Crippen LogP contribution in [0.15, 0.2) is 61.1 Å². The number of benzene rings is 1. The Bertz CT molecular complexity index is 695. The average Bonchev–Trinajstić information content (AvgIpc) is 2.53.